The van der Waals surface area contributed by atoms with E-state index in [9.17, 15) is 0 Å². The number of nitrogens with zero attached hydrogens (tertiary/aromatic N) is 2. The zero-order chi connectivity index (χ0) is 14.7. The van der Waals surface area contributed by atoms with Gasteiger partial charge in [0.2, 0.25) is 0 Å². The second-order valence-corrected chi connectivity index (χ2v) is 4.68. The summed E-state index contributed by atoms with van der Waals surface area (Å²) in [7, 11) is 1.62. The average molecular weight is 283 g/mol. The van der Waals surface area contributed by atoms with E-state index in [-0.39, 0.29) is 0 Å². The van der Waals surface area contributed by atoms with Gasteiger partial charge in [-0.05, 0) is 29.8 Å². The minimum atomic E-state index is 0.381. The minimum Gasteiger partial charge on any atom is -0.493 e. The standard InChI is InChI=1S/C16H17N3O2/c1-20-14-6-5-12(9-17)8-15(14)21-11-13-10-19-7-3-2-4-16(19)18-13/h2-8,10H,9,11,17H2,1H3. The third-order valence-corrected chi connectivity index (χ3v) is 3.25. The van der Waals surface area contributed by atoms with Crippen molar-refractivity contribution in [3.05, 3.63) is 60.0 Å². The number of fused-ring (bicyclic) bond motifs is 1. The van der Waals surface area contributed by atoms with Crippen LogP contribution >= 0.6 is 0 Å². The predicted octanol–water partition coefficient (Wildman–Crippen LogP) is 2.38. The summed E-state index contributed by atoms with van der Waals surface area (Å²) in [6.45, 7) is 0.848. The lowest BCUT2D eigenvalue weighted by molar-refractivity contribution is 0.281. The van der Waals surface area contributed by atoms with Gasteiger partial charge in [-0.25, -0.2) is 4.98 Å². The summed E-state index contributed by atoms with van der Waals surface area (Å²) in [5.41, 5.74) is 8.42. The summed E-state index contributed by atoms with van der Waals surface area (Å²) in [5.74, 6) is 1.37. The highest BCUT2D eigenvalue weighted by Crippen LogP contribution is 2.28. The van der Waals surface area contributed by atoms with Crippen LogP contribution in [0.4, 0.5) is 0 Å². The quantitative estimate of drug-likeness (QED) is 0.781. The van der Waals surface area contributed by atoms with Crippen molar-refractivity contribution in [3.8, 4) is 11.5 Å². The van der Waals surface area contributed by atoms with Gasteiger partial charge in [-0.3, -0.25) is 0 Å². The normalized spacial score (nSPS) is 10.8. The van der Waals surface area contributed by atoms with E-state index >= 15 is 0 Å². The van der Waals surface area contributed by atoms with Gasteiger partial charge in [0.25, 0.3) is 0 Å². The van der Waals surface area contributed by atoms with Gasteiger partial charge in [-0.2, -0.15) is 0 Å². The molecule has 0 amide bonds. The zero-order valence-corrected chi connectivity index (χ0v) is 11.8. The Morgan fingerprint density at radius 3 is 2.86 bits per heavy atom. The second-order valence-electron chi connectivity index (χ2n) is 4.68. The smallest absolute Gasteiger partial charge is 0.162 e. The van der Waals surface area contributed by atoms with Crippen molar-refractivity contribution in [2.45, 2.75) is 13.2 Å². The van der Waals surface area contributed by atoms with E-state index < -0.39 is 0 Å². The molecule has 0 aliphatic heterocycles. The molecule has 108 valence electrons. The first kappa shape index (κ1) is 13.5. The van der Waals surface area contributed by atoms with Crippen LogP contribution in [0.25, 0.3) is 5.65 Å². The number of hydrogen-bond acceptors (Lipinski definition) is 4. The van der Waals surface area contributed by atoms with E-state index in [1.165, 1.54) is 0 Å². The largest absolute Gasteiger partial charge is 0.493 e. The molecule has 0 saturated carbocycles. The lowest BCUT2D eigenvalue weighted by Gasteiger charge is -2.10. The number of benzene rings is 1. The van der Waals surface area contributed by atoms with Crippen molar-refractivity contribution in [1.82, 2.24) is 9.38 Å². The molecule has 3 rings (SSSR count). The van der Waals surface area contributed by atoms with Gasteiger partial charge < -0.3 is 19.6 Å². The monoisotopic (exact) mass is 283 g/mol. The summed E-state index contributed by atoms with van der Waals surface area (Å²) in [5, 5.41) is 0. The number of methoxy groups -OCH3 is 1. The van der Waals surface area contributed by atoms with Gasteiger partial charge in [0.05, 0.1) is 12.8 Å². The van der Waals surface area contributed by atoms with E-state index in [1.54, 1.807) is 7.11 Å². The van der Waals surface area contributed by atoms with Crippen LogP contribution < -0.4 is 15.2 Å². The maximum atomic E-state index is 5.83. The van der Waals surface area contributed by atoms with Crippen molar-refractivity contribution in [3.63, 3.8) is 0 Å². The molecule has 1 aromatic carbocycles. The molecule has 0 unspecified atom stereocenters. The van der Waals surface area contributed by atoms with Gasteiger partial charge >= 0.3 is 0 Å². The van der Waals surface area contributed by atoms with Crippen LogP contribution in [0, 0.1) is 0 Å². The summed E-state index contributed by atoms with van der Waals surface area (Å²) >= 11 is 0. The molecule has 0 aliphatic rings. The van der Waals surface area contributed by atoms with Crippen LogP contribution in [0.2, 0.25) is 0 Å². The highest BCUT2D eigenvalue weighted by atomic mass is 16.5. The molecule has 21 heavy (non-hydrogen) atoms. The number of pyridine rings is 1. The Hall–Kier alpha value is -2.53. The molecular weight excluding hydrogens is 266 g/mol. The van der Waals surface area contributed by atoms with Gasteiger partial charge in [-0.1, -0.05) is 12.1 Å². The first-order valence-electron chi connectivity index (χ1n) is 6.72. The molecule has 0 atom stereocenters. The molecule has 3 aromatic rings. The van der Waals surface area contributed by atoms with Crippen LogP contribution in [-0.2, 0) is 13.2 Å². The number of nitrogens with two attached hydrogens (primary N) is 1. The van der Waals surface area contributed by atoms with E-state index in [0.29, 0.717) is 24.7 Å². The highest BCUT2D eigenvalue weighted by molar-refractivity contribution is 5.43. The van der Waals surface area contributed by atoms with Gasteiger partial charge in [0, 0.05) is 18.9 Å². The lowest BCUT2D eigenvalue weighted by Crippen LogP contribution is -2.01. The van der Waals surface area contributed by atoms with Gasteiger partial charge in [0.15, 0.2) is 11.5 Å². The number of imidazole rings is 1. The van der Waals surface area contributed by atoms with Crippen molar-refractivity contribution < 1.29 is 9.47 Å². The van der Waals surface area contributed by atoms with Crippen LogP contribution in [0.1, 0.15) is 11.3 Å². The van der Waals surface area contributed by atoms with E-state index in [1.807, 2.05) is 53.2 Å². The van der Waals surface area contributed by atoms with Crippen molar-refractivity contribution in [1.29, 1.82) is 0 Å². The fourth-order valence-electron chi connectivity index (χ4n) is 2.17. The molecule has 2 heterocycles. The Morgan fingerprint density at radius 2 is 2.10 bits per heavy atom. The van der Waals surface area contributed by atoms with E-state index in [4.69, 9.17) is 15.2 Å². The molecule has 0 radical (unpaired) electrons. The van der Waals surface area contributed by atoms with Gasteiger partial charge in [-0.15, -0.1) is 0 Å². The fraction of sp³-hybridized carbons (Fsp3) is 0.188. The van der Waals surface area contributed by atoms with Crippen molar-refractivity contribution in [2.75, 3.05) is 7.11 Å². The van der Waals surface area contributed by atoms with Crippen LogP contribution in [-0.4, -0.2) is 16.5 Å². The molecule has 0 spiro atoms. The predicted molar refractivity (Wildman–Crippen MR) is 80.4 cm³/mol. The van der Waals surface area contributed by atoms with Crippen molar-refractivity contribution in [2.24, 2.45) is 5.73 Å². The summed E-state index contributed by atoms with van der Waals surface area (Å²) in [4.78, 5) is 4.50. The average Bonchev–Trinajstić information content (AvgIpc) is 2.95. The Balaban J connectivity index is 1.80. The summed E-state index contributed by atoms with van der Waals surface area (Å²) in [6, 6.07) is 11.6. The van der Waals surface area contributed by atoms with Crippen LogP contribution in [0.3, 0.4) is 0 Å². The Labute approximate surface area is 122 Å². The number of aromatic nitrogens is 2. The third kappa shape index (κ3) is 2.83. The summed E-state index contributed by atoms with van der Waals surface area (Å²) in [6.07, 6.45) is 3.91. The van der Waals surface area contributed by atoms with E-state index in [0.717, 1.165) is 16.9 Å². The van der Waals surface area contributed by atoms with Crippen LogP contribution in [0.5, 0.6) is 11.5 Å². The first-order valence-corrected chi connectivity index (χ1v) is 6.72. The first-order chi connectivity index (χ1) is 10.3. The number of rotatable bonds is 5. The maximum Gasteiger partial charge on any atom is 0.162 e. The lowest BCUT2D eigenvalue weighted by atomic mass is 10.2. The SMILES string of the molecule is COc1ccc(CN)cc1OCc1cn2ccccc2n1. The molecule has 2 aromatic heterocycles. The third-order valence-electron chi connectivity index (χ3n) is 3.25. The molecule has 5 heteroatoms. The topological polar surface area (TPSA) is 61.8 Å². The molecule has 0 aliphatic carbocycles. The second kappa shape index (κ2) is 5.85. The molecule has 0 saturated heterocycles. The number of ether oxygens (including phenoxy) is 2. The van der Waals surface area contributed by atoms with Crippen LogP contribution in [0.15, 0.2) is 48.8 Å². The Morgan fingerprint density at radius 1 is 1.19 bits per heavy atom. The zero-order valence-electron chi connectivity index (χ0n) is 11.8. The fourth-order valence-corrected chi connectivity index (χ4v) is 2.17. The molecular formula is C16H17N3O2. The number of hydrogen-bond donors (Lipinski definition) is 1. The van der Waals surface area contributed by atoms with Crippen molar-refractivity contribution >= 4 is 5.65 Å². The highest BCUT2D eigenvalue weighted by Gasteiger charge is 2.07. The van der Waals surface area contributed by atoms with E-state index in [2.05, 4.69) is 4.98 Å². The molecule has 5 nitrogen and oxygen atoms in total. The Bertz CT molecular complexity index is 719. The molecule has 2 N–H and O–H groups in total. The van der Waals surface area contributed by atoms with Gasteiger partial charge in [0.1, 0.15) is 12.3 Å². The minimum absolute atomic E-state index is 0.381. The maximum absolute atomic E-state index is 5.83. The summed E-state index contributed by atoms with van der Waals surface area (Å²) < 4.78 is 13.1. The molecule has 0 bridgehead atoms. The molecule has 0 fully saturated rings. The Kier molecular flexibility index (Phi) is 3.75.